The highest BCUT2D eigenvalue weighted by Crippen LogP contribution is 2.21. The first-order valence-electron chi connectivity index (χ1n) is 4.47. The van der Waals surface area contributed by atoms with E-state index in [2.05, 4.69) is 8.75 Å². The summed E-state index contributed by atoms with van der Waals surface area (Å²) in [6.45, 7) is 1.90. The smallest absolute Gasteiger partial charge is 0.128 e. The number of benzene rings is 1. The predicted octanol–water partition coefficient (Wildman–Crippen LogP) is 2.03. The number of nitrogens with two attached hydrogens (primary N) is 1. The van der Waals surface area contributed by atoms with Crippen molar-refractivity contribution in [3.63, 3.8) is 0 Å². The van der Waals surface area contributed by atoms with Gasteiger partial charge in [-0.1, -0.05) is 17.7 Å². The van der Waals surface area contributed by atoms with Gasteiger partial charge in [0.25, 0.3) is 0 Å². The second kappa shape index (κ2) is 4.04. The average Bonchev–Trinajstić information content (AvgIpc) is 2.74. The van der Waals surface area contributed by atoms with Crippen LogP contribution in [0.3, 0.4) is 0 Å². The lowest BCUT2D eigenvalue weighted by Crippen LogP contribution is -2.14. The van der Waals surface area contributed by atoms with E-state index in [-0.39, 0.29) is 5.82 Å². The van der Waals surface area contributed by atoms with Gasteiger partial charge in [0, 0.05) is 5.56 Å². The van der Waals surface area contributed by atoms with E-state index in [0.717, 1.165) is 17.3 Å². The van der Waals surface area contributed by atoms with Crippen molar-refractivity contribution >= 4 is 11.7 Å². The Morgan fingerprint density at radius 1 is 1.47 bits per heavy atom. The van der Waals surface area contributed by atoms with Crippen LogP contribution in [0.1, 0.15) is 22.9 Å². The van der Waals surface area contributed by atoms with Gasteiger partial charge in [-0.2, -0.15) is 8.75 Å². The van der Waals surface area contributed by atoms with Crippen LogP contribution in [-0.4, -0.2) is 8.75 Å². The zero-order valence-electron chi connectivity index (χ0n) is 8.14. The second-order valence-electron chi connectivity index (χ2n) is 3.33. The van der Waals surface area contributed by atoms with Crippen LogP contribution in [0.4, 0.5) is 4.39 Å². The normalized spacial score (nSPS) is 12.7. The topological polar surface area (TPSA) is 51.8 Å². The van der Waals surface area contributed by atoms with E-state index >= 15 is 0 Å². The van der Waals surface area contributed by atoms with E-state index in [1.807, 2.05) is 6.92 Å². The van der Waals surface area contributed by atoms with Crippen LogP contribution >= 0.6 is 11.7 Å². The minimum atomic E-state index is -0.538. The monoisotopic (exact) mass is 223 g/mol. The van der Waals surface area contributed by atoms with E-state index in [1.54, 1.807) is 18.3 Å². The first-order valence-corrected chi connectivity index (χ1v) is 5.20. The molecule has 1 aromatic carbocycles. The molecule has 0 saturated carbocycles. The van der Waals surface area contributed by atoms with Crippen molar-refractivity contribution in [2.75, 3.05) is 0 Å². The van der Waals surface area contributed by atoms with Crippen LogP contribution in [0, 0.1) is 12.7 Å². The maximum atomic E-state index is 13.5. The average molecular weight is 223 g/mol. The van der Waals surface area contributed by atoms with Gasteiger partial charge in [-0.3, -0.25) is 0 Å². The Balaban J connectivity index is 2.41. The van der Waals surface area contributed by atoms with Crippen LogP contribution in [0.15, 0.2) is 24.4 Å². The Hall–Kier alpha value is -1.33. The summed E-state index contributed by atoms with van der Waals surface area (Å²) in [5, 5.41) is 0. The molecule has 0 fully saturated rings. The summed E-state index contributed by atoms with van der Waals surface area (Å²) in [5.41, 5.74) is 7.93. The molecule has 5 heteroatoms. The first kappa shape index (κ1) is 10.2. The summed E-state index contributed by atoms with van der Waals surface area (Å²) >= 11 is 1.07. The molecule has 78 valence electrons. The molecule has 1 atom stereocenters. The fraction of sp³-hybridized carbons (Fsp3) is 0.200. The molecular formula is C10H10FN3S. The second-order valence-corrected chi connectivity index (χ2v) is 3.89. The summed E-state index contributed by atoms with van der Waals surface area (Å²) in [6, 6.07) is 4.33. The molecule has 0 spiro atoms. The van der Waals surface area contributed by atoms with E-state index in [1.165, 1.54) is 6.07 Å². The van der Waals surface area contributed by atoms with Gasteiger partial charge in [0.15, 0.2) is 0 Å². The molecule has 3 nitrogen and oxygen atoms in total. The third-order valence-corrected chi connectivity index (χ3v) is 2.68. The van der Waals surface area contributed by atoms with Crippen LogP contribution in [0.5, 0.6) is 0 Å². The van der Waals surface area contributed by atoms with Gasteiger partial charge in [-0.25, -0.2) is 4.39 Å². The minimum Gasteiger partial charge on any atom is -0.319 e. The largest absolute Gasteiger partial charge is 0.319 e. The minimum absolute atomic E-state index is 0.305. The number of halogens is 1. The SMILES string of the molecule is Cc1ccc(F)c(C(N)c2cnsn2)c1. The quantitative estimate of drug-likeness (QED) is 0.847. The van der Waals surface area contributed by atoms with Crippen LogP contribution in [0.2, 0.25) is 0 Å². The van der Waals surface area contributed by atoms with E-state index in [0.29, 0.717) is 11.3 Å². The Kier molecular flexibility index (Phi) is 2.75. The molecule has 2 N–H and O–H groups in total. The molecule has 0 aliphatic rings. The fourth-order valence-corrected chi connectivity index (χ4v) is 1.83. The Morgan fingerprint density at radius 2 is 2.27 bits per heavy atom. The Bertz CT molecular complexity index is 456. The molecule has 1 heterocycles. The number of hydrogen-bond acceptors (Lipinski definition) is 4. The number of hydrogen-bond donors (Lipinski definition) is 1. The van der Waals surface area contributed by atoms with Gasteiger partial charge in [0.1, 0.15) is 5.82 Å². The molecule has 1 unspecified atom stereocenters. The maximum absolute atomic E-state index is 13.5. The van der Waals surface area contributed by atoms with Crippen molar-refractivity contribution in [1.29, 1.82) is 0 Å². The molecular weight excluding hydrogens is 213 g/mol. The summed E-state index contributed by atoms with van der Waals surface area (Å²) in [7, 11) is 0. The summed E-state index contributed by atoms with van der Waals surface area (Å²) < 4.78 is 21.3. The zero-order chi connectivity index (χ0) is 10.8. The van der Waals surface area contributed by atoms with Crippen molar-refractivity contribution in [2.45, 2.75) is 13.0 Å². The van der Waals surface area contributed by atoms with Crippen molar-refractivity contribution in [3.05, 3.63) is 47.0 Å². The van der Waals surface area contributed by atoms with E-state index in [9.17, 15) is 4.39 Å². The lowest BCUT2D eigenvalue weighted by atomic mass is 10.0. The predicted molar refractivity (Wildman–Crippen MR) is 57.1 cm³/mol. The first-order chi connectivity index (χ1) is 7.18. The molecule has 2 rings (SSSR count). The number of nitrogens with zero attached hydrogens (tertiary/aromatic N) is 2. The molecule has 1 aromatic heterocycles. The standard InChI is InChI=1S/C10H10FN3S/c1-6-2-3-8(11)7(4-6)10(12)9-5-13-15-14-9/h2-5,10H,12H2,1H3. The van der Waals surface area contributed by atoms with Crippen molar-refractivity contribution in [2.24, 2.45) is 5.73 Å². The van der Waals surface area contributed by atoms with Gasteiger partial charge < -0.3 is 5.73 Å². The summed E-state index contributed by atoms with van der Waals surface area (Å²) in [5.74, 6) is -0.305. The van der Waals surface area contributed by atoms with Gasteiger partial charge in [-0.05, 0) is 13.0 Å². The van der Waals surface area contributed by atoms with E-state index in [4.69, 9.17) is 5.73 Å². The third-order valence-electron chi connectivity index (χ3n) is 2.18. The number of rotatable bonds is 2. The maximum Gasteiger partial charge on any atom is 0.128 e. The Labute approximate surface area is 91.1 Å². The van der Waals surface area contributed by atoms with E-state index < -0.39 is 6.04 Å². The summed E-state index contributed by atoms with van der Waals surface area (Å²) in [4.78, 5) is 0. The highest BCUT2D eigenvalue weighted by atomic mass is 32.1. The van der Waals surface area contributed by atoms with Crippen LogP contribution in [0.25, 0.3) is 0 Å². The molecule has 15 heavy (non-hydrogen) atoms. The van der Waals surface area contributed by atoms with Crippen LogP contribution in [-0.2, 0) is 0 Å². The molecule has 2 aromatic rings. The molecule has 0 aliphatic heterocycles. The van der Waals surface area contributed by atoms with Gasteiger partial charge in [0.2, 0.25) is 0 Å². The van der Waals surface area contributed by atoms with Crippen molar-refractivity contribution < 1.29 is 4.39 Å². The highest BCUT2D eigenvalue weighted by molar-refractivity contribution is 6.99. The molecule has 0 amide bonds. The lowest BCUT2D eigenvalue weighted by Gasteiger charge is -2.10. The molecule has 0 bridgehead atoms. The number of aryl methyl sites for hydroxylation is 1. The fourth-order valence-electron chi connectivity index (χ4n) is 1.37. The lowest BCUT2D eigenvalue weighted by molar-refractivity contribution is 0.597. The summed E-state index contributed by atoms with van der Waals surface area (Å²) in [6.07, 6.45) is 1.57. The number of aromatic nitrogens is 2. The van der Waals surface area contributed by atoms with Gasteiger partial charge >= 0.3 is 0 Å². The van der Waals surface area contributed by atoms with Crippen LogP contribution < -0.4 is 5.73 Å². The third kappa shape index (κ3) is 2.03. The molecule has 0 aliphatic carbocycles. The molecule has 0 radical (unpaired) electrons. The highest BCUT2D eigenvalue weighted by Gasteiger charge is 2.15. The Morgan fingerprint density at radius 3 is 2.93 bits per heavy atom. The van der Waals surface area contributed by atoms with Crippen molar-refractivity contribution in [1.82, 2.24) is 8.75 Å². The van der Waals surface area contributed by atoms with Crippen molar-refractivity contribution in [3.8, 4) is 0 Å². The zero-order valence-corrected chi connectivity index (χ0v) is 8.96. The molecule has 0 saturated heterocycles. The van der Waals surface area contributed by atoms with Gasteiger partial charge in [-0.15, -0.1) is 0 Å². The van der Waals surface area contributed by atoms with Gasteiger partial charge in [0.05, 0.1) is 29.7 Å².